The van der Waals surface area contributed by atoms with Crippen molar-refractivity contribution in [2.24, 2.45) is 0 Å². The maximum absolute atomic E-state index is 12.6. The highest BCUT2D eigenvalue weighted by Gasteiger charge is 2.48. The zero-order chi connectivity index (χ0) is 18.2. The van der Waals surface area contributed by atoms with Gasteiger partial charge in [-0.3, -0.25) is 4.79 Å². The van der Waals surface area contributed by atoms with E-state index in [9.17, 15) is 14.7 Å². The highest BCUT2D eigenvalue weighted by atomic mass is 35.5. The SMILES string of the molecule is C[C@@H]1CC(NC(=O)c2ccccc2)(C(=O)O)c2cc(Cl)c(Cl)cc2O1. The number of benzene rings is 2. The molecule has 0 saturated carbocycles. The van der Waals surface area contributed by atoms with Crippen LogP contribution in [0.5, 0.6) is 5.75 Å². The fourth-order valence-corrected chi connectivity index (χ4v) is 3.31. The van der Waals surface area contributed by atoms with Gasteiger partial charge in [-0.25, -0.2) is 4.79 Å². The van der Waals surface area contributed by atoms with Gasteiger partial charge in [-0.15, -0.1) is 0 Å². The van der Waals surface area contributed by atoms with Crippen LogP contribution in [0.3, 0.4) is 0 Å². The van der Waals surface area contributed by atoms with Gasteiger partial charge >= 0.3 is 5.97 Å². The van der Waals surface area contributed by atoms with Crippen LogP contribution in [0, 0.1) is 0 Å². The summed E-state index contributed by atoms with van der Waals surface area (Å²) < 4.78 is 5.70. The third-order valence-corrected chi connectivity index (χ3v) is 4.85. The monoisotopic (exact) mass is 379 g/mol. The molecular weight excluding hydrogens is 365 g/mol. The minimum absolute atomic E-state index is 0.0614. The number of carbonyl (C=O) groups is 2. The third kappa shape index (κ3) is 3.17. The standard InChI is InChI=1S/C18H15Cl2NO4/c1-10-9-18(17(23)24,21-16(22)11-5-3-2-4-6-11)12-7-13(19)14(20)8-15(12)25-10/h2-8,10H,9H2,1H3,(H,21,22)(H,23,24)/t10-,18?/m1/s1. The summed E-state index contributed by atoms with van der Waals surface area (Å²) in [5.41, 5.74) is -1.02. The largest absolute Gasteiger partial charge is 0.490 e. The van der Waals surface area contributed by atoms with E-state index >= 15 is 0 Å². The minimum atomic E-state index is -1.66. The van der Waals surface area contributed by atoms with Crippen molar-refractivity contribution in [2.45, 2.75) is 25.0 Å². The number of fused-ring (bicyclic) bond motifs is 1. The summed E-state index contributed by atoms with van der Waals surface area (Å²) >= 11 is 12.1. The van der Waals surface area contributed by atoms with E-state index in [0.717, 1.165) is 0 Å². The number of hydrogen-bond donors (Lipinski definition) is 2. The van der Waals surface area contributed by atoms with Crippen molar-refractivity contribution in [1.29, 1.82) is 0 Å². The summed E-state index contributed by atoms with van der Waals surface area (Å²) in [7, 11) is 0. The van der Waals surface area contributed by atoms with E-state index in [4.69, 9.17) is 27.9 Å². The summed E-state index contributed by atoms with van der Waals surface area (Å²) in [5, 5.41) is 13.1. The first kappa shape index (κ1) is 17.6. The predicted octanol–water partition coefficient (Wildman–Crippen LogP) is 3.87. The highest BCUT2D eigenvalue weighted by Crippen LogP contribution is 2.43. The number of aliphatic carboxylic acids is 1. The molecule has 1 amide bonds. The molecule has 25 heavy (non-hydrogen) atoms. The molecule has 0 fully saturated rings. The molecule has 2 aromatic rings. The fraction of sp³-hybridized carbons (Fsp3) is 0.222. The van der Waals surface area contributed by atoms with Crippen LogP contribution in [0.2, 0.25) is 10.0 Å². The van der Waals surface area contributed by atoms with Crippen molar-refractivity contribution in [3.8, 4) is 5.75 Å². The van der Waals surface area contributed by atoms with Gasteiger partial charge in [0.25, 0.3) is 5.91 Å². The Morgan fingerprint density at radius 1 is 1.20 bits per heavy atom. The molecule has 2 N–H and O–H groups in total. The smallest absolute Gasteiger partial charge is 0.334 e. The molecule has 0 aromatic heterocycles. The van der Waals surface area contributed by atoms with Crippen LogP contribution in [-0.4, -0.2) is 23.1 Å². The van der Waals surface area contributed by atoms with Crippen molar-refractivity contribution in [2.75, 3.05) is 0 Å². The van der Waals surface area contributed by atoms with Gasteiger partial charge in [-0.2, -0.15) is 0 Å². The number of carbonyl (C=O) groups excluding carboxylic acids is 1. The molecular formula is C18H15Cl2NO4. The molecule has 0 spiro atoms. The molecule has 2 aromatic carbocycles. The molecule has 0 saturated heterocycles. The molecule has 5 nitrogen and oxygen atoms in total. The predicted molar refractivity (Wildman–Crippen MR) is 94.4 cm³/mol. The lowest BCUT2D eigenvalue weighted by Crippen LogP contribution is -2.56. The molecule has 0 aliphatic carbocycles. The van der Waals surface area contributed by atoms with E-state index in [1.54, 1.807) is 37.3 Å². The Balaban J connectivity index is 2.11. The highest BCUT2D eigenvalue weighted by molar-refractivity contribution is 6.42. The second-order valence-electron chi connectivity index (χ2n) is 5.93. The number of carboxylic acids is 1. The second-order valence-corrected chi connectivity index (χ2v) is 6.74. The van der Waals surface area contributed by atoms with E-state index < -0.39 is 23.5 Å². The lowest BCUT2D eigenvalue weighted by atomic mass is 9.81. The van der Waals surface area contributed by atoms with E-state index in [2.05, 4.69) is 5.32 Å². The van der Waals surface area contributed by atoms with Gasteiger partial charge in [-0.1, -0.05) is 41.4 Å². The number of ether oxygens (including phenoxy) is 1. The van der Waals surface area contributed by atoms with Crippen LogP contribution >= 0.6 is 23.2 Å². The van der Waals surface area contributed by atoms with Crippen LogP contribution in [0.25, 0.3) is 0 Å². The quantitative estimate of drug-likeness (QED) is 0.848. The molecule has 1 aliphatic rings. The number of amides is 1. The minimum Gasteiger partial charge on any atom is -0.490 e. The lowest BCUT2D eigenvalue weighted by molar-refractivity contribution is -0.147. The third-order valence-electron chi connectivity index (χ3n) is 4.13. The van der Waals surface area contributed by atoms with Crippen LogP contribution in [0.1, 0.15) is 29.3 Å². The first-order chi connectivity index (χ1) is 11.8. The van der Waals surface area contributed by atoms with E-state index in [0.29, 0.717) is 11.3 Å². The van der Waals surface area contributed by atoms with E-state index in [1.807, 2.05) is 0 Å². The van der Waals surface area contributed by atoms with Gasteiger partial charge < -0.3 is 15.2 Å². The summed E-state index contributed by atoms with van der Waals surface area (Å²) in [6, 6.07) is 11.3. The van der Waals surface area contributed by atoms with Crippen LogP contribution in [0.15, 0.2) is 42.5 Å². The van der Waals surface area contributed by atoms with E-state index in [1.165, 1.54) is 12.1 Å². The Morgan fingerprint density at radius 2 is 1.84 bits per heavy atom. The van der Waals surface area contributed by atoms with Crippen molar-refractivity contribution in [3.05, 3.63) is 63.6 Å². The average molecular weight is 380 g/mol. The molecule has 130 valence electrons. The maximum atomic E-state index is 12.6. The molecule has 3 rings (SSSR count). The molecule has 1 aliphatic heterocycles. The Bertz CT molecular complexity index is 840. The lowest BCUT2D eigenvalue weighted by Gasteiger charge is -2.39. The van der Waals surface area contributed by atoms with Crippen LogP contribution in [0.4, 0.5) is 0 Å². The molecule has 0 radical (unpaired) electrons. The zero-order valence-corrected chi connectivity index (χ0v) is 14.8. The van der Waals surface area contributed by atoms with Gasteiger partial charge in [0.2, 0.25) is 0 Å². The van der Waals surface area contributed by atoms with Crippen LogP contribution < -0.4 is 10.1 Å². The summed E-state index contributed by atoms with van der Waals surface area (Å²) in [6.07, 6.45) is -0.372. The number of nitrogens with one attached hydrogen (secondary N) is 1. The zero-order valence-electron chi connectivity index (χ0n) is 13.3. The summed E-state index contributed by atoms with van der Waals surface area (Å²) in [4.78, 5) is 24.8. The fourth-order valence-electron chi connectivity index (χ4n) is 2.99. The van der Waals surface area contributed by atoms with Gasteiger partial charge in [0.1, 0.15) is 5.75 Å². The van der Waals surface area contributed by atoms with Gasteiger partial charge in [0.15, 0.2) is 5.54 Å². The van der Waals surface area contributed by atoms with Gasteiger partial charge in [-0.05, 0) is 25.1 Å². The second kappa shape index (κ2) is 6.58. The molecule has 1 unspecified atom stereocenters. The first-order valence-corrected chi connectivity index (χ1v) is 8.36. The van der Waals surface area contributed by atoms with Crippen molar-refractivity contribution < 1.29 is 19.4 Å². The first-order valence-electron chi connectivity index (χ1n) is 7.60. The number of carboxylic acid groups (broad SMARTS) is 1. The summed E-state index contributed by atoms with van der Waals surface area (Å²) in [5.74, 6) is -1.38. The molecule has 0 bridgehead atoms. The Morgan fingerprint density at radius 3 is 2.48 bits per heavy atom. The Labute approximate surface area is 154 Å². The molecule has 7 heteroatoms. The number of halogens is 2. The summed E-state index contributed by atoms with van der Waals surface area (Å²) in [6.45, 7) is 1.73. The number of rotatable bonds is 3. The van der Waals surface area contributed by atoms with Crippen molar-refractivity contribution in [3.63, 3.8) is 0 Å². The topological polar surface area (TPSA) is 75.6 Å². The van der Waals surface area contributed by atoms with Crippen molar-refractivity contribution >= 4 is 35.1 Å². The molecule has 2 atom stereocenters. The number of hydrogen-bond acceptors (Lipinski definition) is 3. The maximum Gasteiger partial charge on any atom is 0.334 e. The Kier molecular flexibility index (Phi) is 4.62. The van der Waals surface area contributed by atoms with Crippen LogP contribution in [-0.2, 0) is 10.3 Å². The molecule has 1 heterocycles. The van der Waals surface area contributed by atoms with E-state index in [-0.39, 0.29) is 22.0 Å². The van der Waals surface area contributed by atoms with Gasteiger partial charge in [0.05, 0.1) is 16.1 Å². The Hall–Kier alpha value is -2.24. The van der Waals surface area contributed by atoms with Crippen molar-refractivity contribution in [1.82, 2.24) is 5.32 Å². The average Bonchev–Trinajstić information content (AvgIpc) is 2.57. The normalized spacial score (nSPS) is 21.8. The van der Waals surface area contributed by atoms with Gasteiger partial charge in [0, 0.05) is 23.6 Å².